The maximum absolute atomic E-state index is 5.59. The van der Waals surface area contributed by atoms with E-state index >= 15 is 0 Å². The van der Waals surface area contributed by atoms with E-state index in [2.05, 4.69) is 20.3 Å². The standard InChI is InChI=1S/C5H9ClN6/c1-8-4-9-3(6)10-5(11-4)12(2)7/h7H2,1-2H3,(H,8,9,10,11). The van der Waals surface area contributed by atoms with Crippen LogP contribution in [-0.2, 0) is 0 Å². The predicted molar refractivity (Wildman–Crippen MR) is 47.0 cm³/mol. The van der Waals surface area contributed by atoms with Crippen LogP contribution in [0, 0.1) is 0 Å². The number of aromatic nitrogens is 3. The lowest BCUT2D eigenvalue weighted by Crippen LogP contribution is -2.27. The van der Waals surface area contributed by atoms with Crippen LogP contribution in [0.3, 0.4) is 0 Å². The first-order valence-corrected chi connectivity index (χ1v) is 3.59. The van der Waals surface area contributed by atoms with Gasteiger partial charge in [0, 0.05) is 14.1 Å². The molecule has 0 aliphatic heterocycles. The molecule has 3 N–H and O–H groups in total. The van der Waals surface area contributed by atoms with Crippen molar-refractivity contribution in [2.24, 2.45) is 5.84 Å². The minimum absolute atomic E-state index is 0.113. The van der Waals surface area contributed by atoms with Crippen molar-refractivity contribution in [2.45, 2.75) is 0 Å². The first-order valence-electron chi connectivity index (χ1n) is 3.21. The van der Waals surface area contributed by atoms with Crippen molar-refractivity contribution in [1.29, 1.82) is 0 Å². The van der Waals surface area contributed by atoms with Crippen LogP contribution in [0.1, 0.15) is 0 Å². The summed E-state index contributed by atoms with van der Waals surface area (Å²) in [6.07, 6.45) is 0. The smallest absolute Gasteiger partial charge is 0.245 e. The van der Waals surface area contributed by atoms with Crippen LogP contribution in [0.5, 0.6) is 0 Å². The molecule has 0 amide bonds. The quantitative estimate of drug-likeness (QED) is 0.498. The Kier molecular flexibility index (Phi) is 2.61. The van der Waals surface area contributed by atoms with Crippen LogP contribution in [0.2, 0.25) is 5.28 Å². The topological polar surface area (TPSA) is 80.0 Å². The number of hydrogen-bond donors (Lipinski definition) is 2. The Morgan fingerprint density at radius 1 is 1.42 bits per heavy atom. The molecule has 6 nitrogen and oxygen atoms in total. The molecule has 0 aromatic carbocycles. The molecule has 7 heteroatoms. The second kappa shape index (κ2) is 3.51. The zero-order valence-electron chi connectivity index (χ0n) is 6.74. The number of halogens is 1. The largest absolute Gasteiger partial charge is 0.357 e. The van der Waals surface area contributed by atoms with E-state index in [-0.39, 0.29) is 5.28 Å². The van der Waals surface area contributed by atoms with E-state index in [0.717, 1.165) is 0 Å². The fourth-order valence-corrected chi connectivity index (χ4v) is 0.765. The molecule has 1 heterocycles. The van der Waals surface area contributed by atoms with E-state index in [1.165, 1.54) is 5.01 Å². The van der Waals surface area contributed by atoms with Crippen LogP contribution in [0.25, 0.3) is 0 Å². The highest BCUT2D eigenvalue weighted by Crippen LogP contribution is 2.09. The van der Waals surface area contributed by atoms with Gasteiger partial charge in [-0.3, -0.25) is 5.01 Å². The number of nitrogens with zero attached hydrogens (tertiary/aromatic N) is 4. The fraction of sp³-hybridized carbons (Fsp3) is 0.400. The van der Waals surface area contributed by atoms with Crippen LogP contribution < -0.4 is 16.2 Å². The molecule has 0 aliphatic rings. The molecule has 0 aliphatic carbocycles. The predicted octanol–water partition coefficient (Wildman–Crippen LogP) is -0.123. The van der Waals surface area contributed by atoms with Gasteiger partial charge in [-0.25, -0.2) is 5.84 Å². The van der Waals surface area contributed by atoms with Crippen molar-refractivity contribution >= 4 is 23.5 Å². The van der Waals surface area contributed by atoms with E-state index in [0.29, 0.717) is 11.9 Å². The first-order chi connectivity index (χ1) is 5.63. The third-order valence-electron chi connectivity index (χ3n) is 1.14. The van der Waals surface area contributed by atoms with Crippen LogP contribution in [-0.4, -0.2) is 29.0 Å². The van der Waals surface area contributed by atoms with Gasteiger partial charge in [0.2, 0.25) is 17.2 Å². The van der Waals surface area contributed by atoms with Gasteiger partial charge in [0.15, 0.2) is 0 Å². The van der Waals surface area contributed by atoms with Gasteiger partial charge >= 0.3 is 0 Å². The van der Waals surface area contributed by atoms with Crippen molar-refractivity contribution in [3.8, 4) is 0 Å². The highest BCUT2D eigenvalue weighted by atomic mass is 35.5. The summed E-state index contributed by atoms with van der Waals surface area (Å²) in [5.41, 5.74) is 0. The Morgan fingerprint density at radius 2 is 2.08 bits per heavy atom. The second-order valence-electron chi connectivity index (χ2n) is 2.09. The zero-order chi connectivity index (χ0) is 9.14. The van der Waals surface area contributed by atoms with Crippen LogP contribution in [0.4, 0.5) is 11.9 Å². The lowest BCUT2D eigenvalue weighted by Gasteiger charge is -2.09. The summed E-state index contributed by atoms with van der Waals surface area (Å²) in [5, 5.41) is 4.11. The fourth-order valence-electron chi connectivity index (χ4n) is 0.609. The lowest BCUT2D eigenvalue weighted by molar-refractivity contribution is 0.906. The minimum Gasteiger partial charge on any atom is -0.357 e. The van der Waals surface area contributed by atoms with E-state index in [9.17, 15) is 0 Å². The molecule has 0 fully saturated rings. The molecule has 12 heavy (non-hydrogen) atoms. The average Bonchev–Trinajstić information content (AvgIpc) is 2.03. The van der Waals surface area contributed by atoms with Crippen molar-refractivity contribution in [1.82, 2.24) is 15.0 Å². The summed E-state index contributed by atoms with van der Waals surface area (Å²) in [4.78, 5) is 11.5. The molecule has 0 atom stereocenters. The molecule has 0 bridgehead atoms. The maximum Gasteiger partial charge on any atom is 0.245 e. The third-order valence-corrected chi connectivity index (χ3v) is 1.30. The number of hydrazine groups is 1. The SMILES string of the molecule is CNc1nc(Cl)nc(N(C)N)n1. The summed E-state index contributed by atoms with van der Waals surface area (Å²) in [6.45, 7) is 0. The highest BCUT2D eigenvalue weighted by molar-refractivity contribution is 6.28. The van der Waals surface area contributed by atoms with Gasteiger partial charge in [-0.15, -0.1) is 0 Å². The molecular formula is C5H9ClN6. The average molecular weight is 189 g/mol. The lowest BCUT2D eigenvalue weighted by atomic mass is 10.8. The number of hydrogen-bond acceptors (Lipinski definition) is 6. The molecule has 1 aromatic rings. The maximum atomic E-state index is 5.59. The van der Waals surface area contributed by atoms with Gasteiger partial charge in [-0.2, -0.15) is 15.0 Å². The van der Waals surface area contributed by atoms with Gasteiger partial charge in [-0.05, 0) is 11.6 Å². The third kappa shape index (κ3) is 1.93. The molecule has 0 unspecified atom stereocenters. The van der Waals surface area contributed by atoms with Gasteiger partial charge < -0.3 is 5.32 Å². The number of rotatable bonds is 2. The zero-order valence-corrected chi connectivity index (χ0v) is 7.50. The van der Waals surface area contributed by atoms with Gasteiger partial charge in [-0.1, -0.05) is 0 Å². The Morgan fingerprint density at radius 3 is 2.58 bits per heavy atom. The Bertz CT molecular complexity index is 275. The van der Waals surface area contributed by atoms with Gasteiger partial charge in [0.05, 0.1) is 0 Å². The minimum atomic E-state index is 0.113. The normalized spacial score (nSPS) is 9.67. The molecule has 0 spiro atoms. The van der Waals surface area contributed by atoms with E-state index in [4.69, 9.17) is 17.4 Å². The molecule has 66 valence electrons. The Labute approximate surface area is 74.7 Å². The summed E-state index contributed by atoms with van der Waals surface area (Å²) in [7, 11) is 3.30. The molecule has 1 aromatic heterocycles. The first kappa shape index (κ1) is 8.95. The number of anilines is 2. The van der Waals surface area contributed by atoms with Crippen molar-refractivity contribution in [2.75, 3.05) is 24.4 Å². The number of nitrogens with two attached hydrogens (primary N) is 1. The van der Waals surface area contributed by atoms with Gasteiger partial charge in [0.1, 0.15) is 0 Å². The van der Waals surface area contributed by atoms with Crippen LogP contribution >= 0.6 is 11.6 Å². The second-order valence-corrected chi connectivity index (χ2v) is 2.43. The monoisotopic (exact) mass is 188 g/mol. The summed E-state index contributed by atoms with van der Waals surface area (Å²) >= 11 is 5.59. The Hall–Kier alpha value is -1.14. The molecule has 0 saturated heterocycles. The molecule has 0 saturated carbocycles. The molecular weight excluding hydrogens is 180 g/mol. The summed E-state index contributed by atoms with van der Waals surface area (Å²) < 4.78 is 0. The number of nitrogens with one attached hydrogen (secondary N) is 1. The molecule has 0 radical (unpaired) electrons. The van der Waals surface area contributed by atoms with Crippen molar-refractivity contribution in [3.05, 3.63) is 5.28 Å². The Balaban J connectivity index is 3.06. The van der Waals surface area contributed by atoms with Crippen LogP contribution in [0.15, 0.2) is 0 Å². The highest BCUT2D eigenvalue weighted by Gasteiger charge is 2.04. The van der Waals surface area contributed by atoms with E-state index in [1.807, 2.05) is 0 Å². The van der Waals surface area contributed by atoms with Crippen molar-refractivity contribution < 1.29 is 0 Å². The van der Waals surface area contributed by atoms with E-state index in [1.54, 1.807) is 14.1 Å². The van der Waals surface area contributed by atoms with Gasteiger partial charge in [0.25, 0.3) is 0 Å². The van der Waals surface area contributed by atoms with E-state index < -0.39 is 0 Å². The summed E-state index contributed by atoms with van der Waals surface area (Å²) in [6, 6.07) is 0. The molecule has 1 rings (SSSR count). The summed E-state index contributed by atoms with van der Waals surface area (Å²) in [5.74, 6) is 6.11. The van der Waals surface area contributed by atoms with Crippen molar-refractivity contribution in [3.63, 3.8) is 0 Å².